The summed E-state index contributed by atoms with van der Waals surface area (Å²) in [5.41, 5.74) is 1.65. The van der Waals surface area contributed by atoms with Gasteiger partial charge in [0.2, 0.25) is 11.8 Å². The van der Waals surface area contributed by atoms with Crippen molar-refractivity contribution in [2.75, 3.05) is 11.9 Å². The topological polar surface area (TPSA) is 76.0 Å². The molecule has 0 unspecified atom stereocenters. The second kappa shape index (κ2) is 7.97. The molecule has 0 bridgehead atoms. The molecule has 1 heterocycles. The van der Waals surface area contributed by atoms with Gasteiger partial charge in [-0.05, 0) is 24.1 Å². The average molecular weight is 300 g/mol. The van der Waals surface area contributed by atoms with E-state index in [2.05, 4.69) is 15.6 Å². The fraction of sp³-hybridized carbons (Fsp3) is 0.312. The Balaban J connectivity index is 1.69. The monoisotopic (exact) mass is 300 g/mol. The van der Waals surface area contributed by atoms with Crippen LogP contribution in [0.2, 0.25) is 0 Å². The Kier molecular flexibility index (Phi) is 5.71. The molecule has 0 radical (unpaired) electrons. The molecule has 0 aliphatic carbocycles. The number of hydrogen-bond acceptors (Lipinski definition) is 3. The third-order valence-corrected chi connectivity index (χ3v) is 3.11. The van der Waals surface area contributed by atoms with Crippen molar-refractivity contribution in [3.05, 3.63) is 48.5 Å². The highest BCUT2D eigenvalue weighted by Gasteiger charge is 2.03. The van der Waals surface area contributed by atoms with Crippen LogP contribution in [0.1, 0.15) is 18.9 Å². The Morgan fingerprint density at radius 1 is 1.23 bits per heavy atom. The number of aryl methyl sites for hydroxylation is 1. The van der Waals surface area contributed by atoms with Gasteiger partial charge < -0.3 is 15.2 Å². The highest BCUT2D eigenvalue weighted by molar-refractivity contribution is 5.88. The fourth-order valence-electron chi connectivity index (χ4n) is 2.07. The van der Waals surface area contributed by atoms with E-state index in [1.54, 1.807) is 24.7 Å². The maximum atomic E-state index is 11.8. The van der Waals surface area contributed by atoms with E-state index in [1.807, 2.05) is 22.9 Å². The van der Waals surface area contributed by atoms with E-state index >= 15 is 0 Å². The summed E-state index contributed by atoms with van der Waals surface area (Å²) >= 11 is 0. The van der Waals surface area contributed by atoms with E-state index in [9.17, 15) is 9.59 Å². The molecule has 0 atom stereocenters. The molecule has 0 saturated heterocycles. The van der Waals surface area contributed by atoms with Gasteiger partial charge in [-0.15, -0.1) is 0 Å². The first kappa shape index (κ1) is 15.8. The van der Waals surface area contributed by atoms with Gasteiger partial charge in [-0.2, -0.15) is 0 Å². The normalized spacial score (nSPS) is 10.2. The molecule has 1 aromatic carbocycles. The smallest absolute Gasteiger partial charge is 0.224 e. The Bertz CT molecular complexity index is 606. The van der Waals surface area contributed by atoms with Crippen LogP contribution in [0.25, 0.3) is 0 Å². The largest absolute Gasteiger partial charge is 0.356 e. The third-order valence-electron chi connectivity index (χ3n) is 3.11. The standard InChI is InChI=1S/C16H20N4O2/c1-13(21)19-15-5-3-14(4-6-15)11-16(22)18-7-2-9-20-10-8-17-12-20/h3-6,8,10,12H,2,7,9,11H2,1H3,(H,18,22)(H,19,21). The molecular formula is C16H20N4O2. The summed E-state index contributed by atoms with van der Waals surface area (Å²) in [6, 6.07) is 7.28. The molecule has 0 spiro atoms. The third kappa shape index (κ3) is 5.40. The molecule has 2 aromatic rings. The lowest BCUT2D eigenvalue weighted by Gasteiger charge is -2.07. The molecule has 2 amide bonds. The predicted octanol–water partition coefficient (Wildman–Crippen LogP) is 1.59. The Morgan fingerprint density at radius 2 is 2.00 bits per heavy atom. The van der Waals surface area contributed by atoms with Crippen molar-refractivity contribution in [3.8, 4) is 0 Å². The number of hydrogen-bond donors (Lipinski definition) is 2. The molecule has 22 heavy (non-hydrogen) atoms. The molecule has 6 heteroatoms. The summed E-state index contributed by atoms with van der Waals surface area (Å²) in [7, 11) is 0. The van der Waals surface area contributed by atoms with Crippen molar-refractivity contribution in [1.82, 2.24) is 14.9 Å². The number of carbonyl (C=O) groups excluding carboxylic acids is 2. The fourth-order valence-corrected chi connectivity index (χ4v) is 2.07. The predicted molar refractivity (Wildman–Crippen MR) is 84.3 cm³/mol. The maximum Gasteiger partial charge on any atom is 0.224 e. The molecule has 0 aliphatic heterocycles. The van der Waals surface area contributed by atoms with Crippen LogP contribution in [0.3, 0.4) is 0 Å². The summed E-state index contributed by atoms with van der Waals surface area (Å²) in [5.74, 6) is -0.110. The summed E-state index contributed by atoms with van der Waals surface area (Å²) in [6.07, 6.45) is 6.61. The van der Waals surface area contributed by atoms with Gasteiger partial charge in [0.25, 0.3) is 0 Å². The minimum Gasteiger partial charge on any atom is -0.356 e. The van der Waals surface area contributed by atoms with Gasteiger partial charge in [0.15, 0.2) is 0 Å². The molecule has 6 nitrogen and oxygen atoms in total. The molecule has 1 aromatic heterocycles. The van der Waals surface area contributed by atoms with Crippen LogP contribution in [0.15, 0.2) is 43.0 Å². The van der Waals surface area contributed by atoms with E-state index < -0.39 is 0 Å². The number of carbonyl (C=O) groups is 2. The first-order valence-corrected chi connectivity index (χ1v) is 7.22. The van der Waals surface area contributed by atoms with Gasteiger partial charge in [0, 0.05) is 38.1 Å². The first-order valence-electron chi connectivity index (χ1n) is 7.22. The van der Waals surface area contributed by atoms with E-state index in [4.69, 9.17) is 0 Å². The van der Waals surface area contributed by atoms with Crippen LogP contribution in [0, 0.1) is 0 Å². The Hall–Kier alpha value is -2.63. The number of imidazole rings is 1. The Labute approximate surface area is 129 Å². The quantitative estimate of drug-likeness (QED) is 0.762. The van der Waals surface area contributed by atoms with Crippen LogP contribution in [-0.4, -0.2) is 27.9 Å². The van der Waals surface area contributed by atoms with Crippen molar-refractivity contribution < 1.29 is 9.59 Å². The highest BCUT2D eigenvalue weighted by atomic mass is 16.2. The summed E-state index contributed by atoms with van der Waals surface area (Å²) in [6.45, 7) is 2.94. The van der Waals surface area contributed by atoms with Crippen molar-refractivity contribution >= 4 is 17.5 Å². The number of anilines is 1. The van der Waals surface area contributed by atoms with Gasteiger partial charge in [-0.3, -0.25) is 9.59 Å². The second-order valence-electron chi connectivity index (χ2n) is 5.06. The zero-order valence-electron chi connectivity index (χ0n) is 12.6. The van der Waals surface area contributed by atoms with Crippen LogP contribution in [0.5, 0.6) is 0 Å². The van der Waals surface area contributed by atoms with Gasteiger partial charge >= 0.3 is 0 Å². The lowest BCUT2D eigenvalue weighted by Crippen LogP contribution is -2.26. The molecule has 0 saturated carbocycles. The molecule has 2 N–H and O–H groups in total. The SMILES string of the molecule is CC(=O)Nc1ccc(CC(=O)NCCCn2ccnc2)cc1. The number of nitrogens with one attached hydrogen (secondary N) is 2. The molecule has 0 fully saturated rings. The molecule has 0 aliphatic rings. The van der Waals surface area contributed by atoms with Gasteiger partial charge in [-0.1, -0.05) is 12.1 Å². The minimum absolute atomic E-state index is 0.00194. The van der Waals surface area contributed by atoms with E-state index in [0.29, 0.717) is 13.0 Å². The zero-order chi connectivity index (χ0) is 15.8. The van der Waals surface area contributed by atoms with Gasteiger partial charge in [-0.25, -0.2) is 4.98 Å². The maximum absolute atomic E-state index is 11.8. The highest BCUT2D eigenvalue weighted by Crippen LogP contribution is 2.09. The molecule has 2 rings (SSSR count). The van der Waals surface area contributed by atoms with Crippen molar-refractivity contribution in [1.29, 1.82) is 0 Å². The molecular weight excluding hydrogens is 280 g/mol. The lowest BCUT2D eigenvalue weighted by molar-refractivity contribution is -0.120. The molecule has 116 valence electrons. The van der Waals surface area contributed by atoms with Crippen molar-refractivity contribution in [2.24, 2.45) is 0 Å². The van der Waals surface area contributed by atoms with Crippen LogP contribution >= 0.6 is 0 Å². The first-order chi connectivity index (χ1) is 10.6. The number of nitrogens with zero attached hydrogens (tertiary/aromatic N) is 2. The lowest BCUT2D eigenvalue weighted by atomic mass is 10.1. The van der Waals surface area contributed by atoms with Crippen molar-refractivity contribution in [3.63, 3.8) is 0 Å². The average Bonchev–Trinajstić information content (AvgIpc) is 2.98. The zero-order valence-corrected chi connectivity index (χ0v) is 12.6. The number of rotatable bonds is 7. The van der Waals surface area contributed by atoms with Gasteiger partial charge in [0.05, 0.1) is 12.7 Å². The van der Waals surface area contributed by atoms with Gasteiger partial charge in [0.1, 0.15) is 0 Å². The Morgan fingerprint density at radius 3 is 2.64 bits per heavy atom. The van der Waals surface area contributed by atoms with Crippen LogP contribution in [0.4, 0.5) is 5.69 Å². The van der Waals surface area contributed by atoms with Crippen LogP contribution in [-0.2, 0) is 22.6 Å². The van der Waals surface area contributed by atoms with E-state index in [1.165, 1.54) is 6.92 Å². The summed E-state index contributed by atoms with van der Waals surface area (Å²) in [4.78, 5) is 26.7. The minimum atomic E-state index is -0.108. The summed E-state index contributed by atoms with van der Waals surface area (Å²) in [5, 5.41) is 5.59. The number of benzene rings is 1. The number of aromatic nitrogens is 2. The second-order valence-corrected chi connectivity index (χ2v) is 5.06. The van der Waals surface area contributed by atoms with E-state index in [-0.39, 0.29) is 11.8 Å². The van der Waals surface area contributed by atoms with Crippen molar-refractivity contribution in [2.45, 2.75) is 26.3 Å². The number of amides is 2. The summed E-state index contributed by atoms with van der Waals surface area (Å²) < 4.78 is 1.98. The van der Waals surface area contributed by atoms with Crippen LogP contribution < -0.4 is 10.6 Å². The van der Waals surface area contributed by atoms with E-state index in [0.717, 1.165) is 24.2 Å².